The normalized spacial score (nSPS) is 11.2. The van der Waals surface area contributed by atoms with Crippen molar-refractivity contribution >= 4 is 35.3 Å². The zero-order valence-electron chi connectivity index (χ0n) is 14.0. The number of hydrogen-bond donors (Lipinski definition) is 1. The molecule has 0 fully saturated rings. The SMILES string of the molecule is CC(C)c1nc(C#N)c(NN=Cc2ccc(-c3cccc(Cl)c3Cl)o2)o1. The minimum absolute atomic E-state index is 0.0664. The highest BCUT2D eigenvalue weighted by atomic mass is 35.5. The molecule has 0 radical (unpaired) electrons. The van der Waals surface area contributed by atoms with E-state index in [-0.39, 0.29) is 17.5 Å². The maximum Gasteiger partial charge on any atom is 0.252 e. The minimum Gasteiger partial charge on any atom is -0.455 e. The van der Waals surface area contributed by atoms with Crippen molar-refractivity contribution in [2.45, 2.75) is 19.8 Å². The lowest BCUT2D eigenvalue weighted by Crippen LogP contribution is -1.90. The smallest absolute Gasteiger partial charge is 0.252 e. The van der Waals surface area contributed by atoms with Crippen molar-refractivity contribution in [1.82, 2.24) is 4.98 Å². The van der Waals surface area contributed by atoms with E-state index in [1.54, 1.807) is 24.3 Å². The molecular weight excluding hydrogens is 375 g/mol. The molecule has 1 aromatic carbocycles. The predicted molar refractivity (Wildman–Crippen MR) is 101 cm³/mol. The van der Waals surface area contributed by atoms with Crippen LogP contribution >= 0.6 is 23.2 Å². The number of anilines is 1. The van der Waals surface area contributed by atoms with Gasteiger partial charge in [-0.1, -0.05) is 43.1 Å². The Balaban J connectivity index is 1.76. The number of oxazole rings is 1. The molecule has 0 aliphatic carbocycles. The van der Waals surface area contributed by atoms with Gasteiger partial charge in [0.2, 0.25) is 11.6 Å². The van der Waals surface area contributed by atoms with E-state index in [2.05, 4.69) is 15.5 Å². The number of furan rings is 1. The van der Waals surface area contributed by atoms with Gasteiger partial charge in [-0.3, -0.25) is 0 Å². The standard InChI is InChI=1S/C18H14Cl2N4O2/c1-10(2)17-23-14(8-21)18(26-17)24-22-9-11-6-7-15(25-11)12-4-3-5-13(19)16(12)20/h3-7,9-10,24H,1-2H3. The van der Waals surface area contributed by atoms with E-state index in [4.69, 9.17) is 37.3 Å². The third kappa shape index (κ3) is 3.74. The van der Waals surface area contributed by atoms with Gasteiger partial charge in [0.05, 0.1) is 16.3 Å². The maximum atomic E-state index is 9.10. The summed E-state index contributed by atoms with van der Waals surface area (Å²) in [5, 5.41) is 14.0. The number of hydrogen-bond acceptors (Lipinski definition) is 6. The van der Waals surface area contributed by atoms with Crippen LogP contribution in [-0.2, 0) is 0 Å². The van der Waals surface area contributed by atoms with Crippen LogP contribution in [0.4, 0.5) is 5.88 Å². The molecule has 132 valence electrons. The van der Waals surface area contributed by atoms with Crippen molar-refractivity contribution in [3.05, 3.63) is 57.7 Å². The minimum atomic E-state index is 0.0664. The van der Waals surface area contributed by atoms with Gasteiger partial charge < -0.3 is 8.83 Å². The van der Waals surface area contributed by atoms with Gasteiger partial charge in [0, 0.05) is 11.5 Å². The molecule has 26 heavy (non-hydrogen) atoms. The van der Waals surface area contributed by atoms with Crippen molar-refractivity contribution < 1.29 is 8.83 Å². The summed E-state index contributed by atoms with van der Waals surface area (Å²) in [6.07, 6.45) is 1.46. The molecule has 3 rings (SSSR count). The number of nitriles is 1. The van der Waals surface area contributed by atoms with Gasteiger partial charge in [0.15, 0.2) is 0 Å². The Morgan fingerprint density at radius 3 is 2.77 bits per heavy atom. The zero-order valence-corrected chi connectivity index (χ0v) is 15.5. The molecule has 8 heteroatoms. The van der Waals surface area contributed by atoms with Crippen molar-refractivity contribution in [1.29, 1.82) is 5.26 Å². The molecule has 0 spiro atoms. The fourth-order valence-electron chi connectivity index (χ4n) is 2.15. The molecular formula is C18H14Cl2N4O2. The molecule has 0 unspecified atom stereocenters. The van der Waals surface area contributed by atoms with Crippen LogP contribution < -0.4 is 5.43 Å². The van der Waals surface area contributed by atoms with Gasteiger partial charge in [-0.05, 0) is 24.3 Å². The van der Waals surface area contributed by atoms with E-state index in [0.717, 1.165) is 0 Å². The van der Waals surface area contributed by atoms with Crippen molar-refractivity contribution in [2.24, 2.45) is 5.10 Å². The third-order valence-corrected chi connectivity index (χ3v) is 4.26. The van der Waals surface area contributed by atoms with E-state index in [0.29, 0.717) is 33.0 Å². The summed E-state index contributed by atoms with van der Waals surface area (Å²) in [5.41, 5.74) is 3.51. The number of halogens is 2. The fraction of sp³-hybridized carbons (Fsp3) is 0.167. The van der Waals surface area contributed by atoms with Gasteiger partial charge in [-0.15, -0.1) is 0 Å². The molecule has 0 bridgehead atoms. The Morgan fingerprint density at radius 2 is 2.04 bits per heavy atom. The molecule has 0 aliphatic heterocycles. The highest BCUT2D eigenvalue weighted by Crippen LogP contribution is 2.34. The Hall–Kier alpha value is -2.75. The number of rotatable bonds is 5. The van der Waals surface area contributed by atoms with Gasteiger partial charge in [0.25, 0.3) is 5.88 Å². The summed E-state index contributed by atoms with van der Waals surface area (Å²) < 4.78 is 11.2. The summed E-state index contributed by atoms with van der Waals surface area (Å²) in [7, 11) is 0. The molecule has 0 aliphatic rings. The lowest BCUT2D eigenvalue weighted by atomic mass is 10.2. The first-order chi connectivity index (χ1) is 12.5. The first-order valence-electron chi connectivity index (χ1n) is 7.73. The Morgan fingerprint density at radius 1 is 1.23 bits per heavy atom. The second-order valence-corrected chi connectivity index (χ2v) is 6.45. The first kappa shape index (κ1) is 18.1. The molecule has 0 atom stereocenters. The summed E-state index contributed by atoms with van der Waals surface area (Å²) in [5.74, 6) is 1.79. The number of nitrogens with zero attached hydrogens (tertiary/aromatic N) is 3. The van der Waals surface area contributed by atoms with Crippen LogP contribution in [0.5, 0.6) is 0 Å². The van der Waals surface area contributed by atoms with Crippen LogP contribution in [0.3, 0.4) is 0 Å². The van der Waals surface area contributed by atoms with Crippen LogP contribution in [0.1, 0.15) is 37.1 Å². The zero-order chi connectivity index (χ0) is 18.7. The average Bonchev–Trinajstić information content (AvgIpc) is 3.24. The lowest BCUT2D eigenvalue weighted by Gasteiger charge is -2.01. The quantitative estimate of drug-likeness (QED) is 0.448. The monoisotopic (exact) mass is 388 g/mol. The van der Waals surface area contributed by atoms with Crippen LogP contribution in [0.25, 0.3) is 11.3 Å². The van der Waals surface area contributed by atoms with Crippen molar-refractivity contribution in [3.63, 3.8) is 0 Å². The van der Waals surface area contributed by atoms with Gasteiger partial charge in [0.1, 0.15) is 17.6 Å². The van der Waals surface area contributed by atoms with E-state index in [9.17, 15) is 0 Å². The van der Waals surface area contributed by atoms with Crippen LogP contribution in [0, 0.1) is 11.3 Å². The fourth-order valence-corrected chi connectivity index (χ4v) is 2.54. The maximum absolute atomic E-state index is 9.10. The van der Waals surface area contributed by atoms with Gasteiger partial charge in [-0.2, -0.15) is 10.4 Å². The van der Waals surface area contributed by atoms with Crippen molar-refractivity contribution in [3.8, 4) is 17.4 Å². The molecule has 1 N–H and O–H groups in total. The largest absolute Gasteiger partial charge is 0.455 e. The number of aromatic nitrogens is 1. The van der Waals surface area contributed by atoms with Gasteiger partial charge in [-0.25, -0.2) is 10.4 Å². The molecule has 0 saturated heterocycles. The molecule has 0 saturated carbocycles. The predicted octanol–water partition coefficient (Wildman–Crippen LogP) is 5.68. The van der Waals surface area contributed by atoms with Crippen LogP contribution in [-0.4, -0.2) is 11.2 Å². The molecule has 2 heterocycles. The number of benzene rings is 1. The molecule has 2 aromatic heterocycles. The number of nitrogens with one attached hydrogen (secondary N) is 1. The molecule has 6 nitrogen and oxygen atoms in total. The van der Waals surface area contributed by atoms with E-state index in [1.807, 2.05) is 26.0 Å². The van der Waals surface area contributed by atoms with Crippen molar-refractivity contribution in [2.75, 3.05) is 5.43 Å². The Labute approximate surface area is 160 Å². The third-order valence-electron chi connectivity index (χ3n) is 3.45. The average molecular weight is 389 g/mol. The van der Waals surface area contributed by atoms with Gasteiger partial charge >= 0.3 is 0 Å². The summed E-state index contributed by atoms with van der Waals surface area (Å²) in [4.78, 5) is 4.10. The number of hydrazone groups is 1. The van der Waals surface area contributed by atoms with Crippen LogP contribution in [0.2, 0.25) is 10.0 Å². The van der Waals surface area contributed by atoms with E-state index >= 15 is 0 Å². The first-order valence-corrected chi connectivity index (χ1v) is 8.49. The summed E-state index contributed by atoms with van der Waals surface area (Å²) >= 11 is 12.2. The molecule has 3 aromatic rings. The topological polar surface area (TPSA) is 87.4 Å². The Bertz CT molecular complexity index is 999. The highest BCUT2D eigenvalue weighted by Gasteiger charge is 2.15. The summed E-state index contributed by atoms with van der Waals surface area (Å²) in [6.45, 7) is 3.84. The lowest BCUT2D eigenvalue weighted by molar-refractivity contribution is 0.481. The highest BCUT2D eigenvalue weighted by molar-refractivity contribution is 6.43. The van der Waals surface area contributed by atoms with Crippen LogP contribution in [0.15, 0.2) is 44.3 Å². The Kier molecular flexibility index (Phi) is 5.31. The second kappa shape index (κ2) is 7.65. The molecule has 0 amide bonds. The second-order valence-electron chi connectivity index (χ2n) is 5.67. The van der Waals surface area contributed by atoms with E-state index in [1.165, 1.54) is 6.21 Å². The van der Waals surface area contributed by atoms with E-state index < -0.39 is 0 Å². The summed E-state index contributed by atoms with van der Waals surface area (Å²) in [6, 6.07) is 10.8.